The highest BCUT2D eigenvalue weighted by Crippen LogP contribution is 2.24. The summed E-state index contributed by atoms with van der Waals surface area (Å²) in [4.78, 5) is 4.33. The van der Waals surface area contributed by atoms with Crippen molar-refractivity contribution in [3.8, 4) is 0 Å². The van der Waals surface area contributed by atoms with Crippen LogP contribution in [0.1, 0.15) is 6.42 Å². The molecule has 2 heterocycles. The topological polar surface area (TPSA) is 50.4 Å². The Labute approximate surface area is 72.1 Å². The van der Waals surface area contributed by atoms with Crippen molar-refractivity contribution in [2.24, 2.45) is 16.6 Å². The van der Waals surface area contributed by atoms with E-state index in [-0.39, 0.29) is 6.04 Å². The van der Waals surface area contributed by atoms with E-state index in [1.807, 2.05) is 12.3 Å². The number of hydrogen-bond donors (Lipinski definition) is 2. The highest BCUT2D eigenvalue weighted by molar-refractivity contribution is 5.90. The largest absolute Gasteiger partial charge is 0.350 e. The van der Waals surface area contributed by atoms with E-state index in [2.05, 4.69) is 16.9 Å². The molecule has 3 heteroatoms. The molecular formula is C9H13N3. The SMILES string of the molecule is C=C1CN=C2NC=CC(N)CC12. The van der Waals surface area contributed by atoms with Crippen molar-refractivity contribution in [3.05, 3.63) is 24.4 Å². The van der Waals surface area contributed by atoms with Gasteiger partial charge in [-0.05, 0) is 18.2 Å². The highest BCUT2D eigenvalue weighted by atomic mass is 15.0. The lowest BCUT2D eigenvalue weighted by atomic mass is 9.95. The molecule has 3 nitrogen and oxygen atoms in total. The molecule has 64 valence electrons. The van der Waals surface area contributed by atoms with E-state index in [0.29, 0.717) is 5.92 Å². The van der Waals surface area contributed by atoms with E-state index >= 15 is 0 Å². The van der Waals surface area contributed by atoms with Crippen LogP contribution < -0.4 is 11.1 Å². The number of amidine groups is 1. The average Bonchev–Trinajstić information content (AvgIpc) is 2.31. The van der Waals surface area contributed by atoms with E-state index in [1.54, 1.807) is 0 Å². The van der Waals surface area contributed by atoms with Crippen molar-refractivity contribution < 1.29 is 0 Å². The predicted molar refractivity (Wildman–Crippen MR) is 49.8 cm³/mol. The molecule has 0 saturated heterocycles. The zero-order valence-corrected chi connectivity index (χ0v) is 6.96. The molecule has 2 aliphatic rings. The monoisotopic (exact) mass is 163 g/mol. The molecule has 2 unspecified atom stereocenters. The fourth-order valence-electron chi connectivity index (χ4n) is 1.63. The lowest BCUT2D eigenvalue weighted by Gasteiger charge is -2.13. The summed E-state index contributed by atoms with van der Waals surface area (Å²) in [5.41, 5.74) is 7.01. The summed E-state index contributed by atoms with van der Waals surface area (Å²) in [6, 6.07) is 0.130. The quantitative estimate of drug-likeness (QED) is 0.508. The number of nitrogens with two attached hydrogens (primary N) is 1. The van der Waals surface area contributed by atoms with Gasteiger partial charge >= 0.3 is 0 Å². The molecule has 2 rings (SSSR count). The lowest BCUT2D eigenvalue weighted by molar-refractivity contribution is 0.653. The van der Waals surface area contributed by atoms with Crippen LogP contribution in [0.2, 0.25) is 0 Å². The zero-order chi connectivity index (χ0) is 8.55. The summed E-state index contributed by atoms with van der Waals surface area (Å²) in [5.74, 6) is 1.39. The fourth-order valence-corrected chi connectivity index (χ4v) is 1.63. The first-order chi connectivity index (χ1) is 5.77. The van der Waals surface area contributed by atoms with Crippen LogP contribution in [0.5, 0.6) is 0 Å². The molecule has 0 saturated carbocycles. The van der Waals surface area contributed by atoms with Crippen LogP contribution in [0.4, 0.5) is 0 Å². The van der Waals surface area contributed by atoms with Crippen LogP contribution in [-0.4, -0.2) is 18.4 Å². The van der Waals surface area contributed by atoms with Gasteiger partial charge in [0.05, 0.1) is 6.54 Å². The van der Waals surface area contributed by atoms with Gasteiger partial charge in [0.25, 0.3) is 0 Å². The van der Waals surface area contributed by atoms with Crippen molar-refractivity contribution >= 4 is 5.84 Å². The van der Waals surface area contributed by atoms with E-state index in [0.717, 1.165) is 18.8 Å². The smallest absolute Gasteiger partial charge is 0.108 e. The van der Waals surface area contributed by atoms with Crippen LogP contribution >= 0.6 is 0 Å². The van der Waals surface area contributed by atoms with Crippen LogP contribution in [0.15, 0.2) is 29.4 Å². The Kier molecular flexibility index (Phi) is 1.73. The molecule has 0 fully saturated rings. The minimum Gasteiger partial charge on any atom is -0.350 e. The predicted octanol–water partition coefficient (Wildman–Crippen LogP) is 0.405. The van der Waals surface area contributed by atoms with E-state index in [9.17, 15) is 0 Å². The Morgan fingerprint density at radius 2 is 2.50 bits per heavy atom. The summed E-state index contributed by atoms with van der Waals surface area (Å²) in [5, 5.41) is 3.13. The Morgan fingerprint density at radius 1 is 1.67 bits per heavy atom. The van der Waals surface area contributed by atoms with Gasteiger partial charge in [0.1, 0.15) is 5.84 Å². The number of nitrogens with one attached hydrogen (secondary N) is 1. The Hall–Kier alpha value is -1.09. The third-order valence-electron chi connectivity index (χ3n) is 2.36. The Bertz CT molecular complexity index is 265. The summed E-state index contributed by atoms with van der Waals surface area (Å²) < 4.78 is 0. The van der Waals surface area contributed by atoms with Crippen LogP contribution in [0, 0.1) is 5.92 Å². The molecule has 0 amide bonds. The number of hydrogen-bond acceptors (Lipinski definition) is 3. The summed E-state index contributed by atoms with van der Waals surface area (Å²) >= 11 is 0. The summed E-state index contributed by atoms with van der Waals surface area (Å²) in [6.45, 7) is 4.73. The van der Waals surface area contributed by atoms with Gasteiger partial charge in [-0.1, -0.05) is 12.7 Å². The maximum absolute atomic E-state index is 5.83. The van der Waals surface area contributed by atoms with Crippen molar-refractivity contribution in [3.63, 3.8) is 0 Å². The molecule has 0 aromatic rings. The Morgan fingerprint density at radius 3 is 3.33 bits per heavy atom. The van der Waals surface area contributed by atoms with Gasteiger partial charge in [-0.25, -0.2) is 0 Å². The molecular weight excluding hydrogens is 150 g/mol. The van der Waals surface area contributed by atoms with E-state index < -0.39 is 0 Å². The second-order valence-corrected chi connectivity index (χ2v) is 3.32. The minimum absolute atomic E-state index is 0.130. The van der Waals surface area contributed by atoms with Crippen molar-refractivity contribution in [1.82, 2.24) is 5.32 Å². The first-order valence-corrected chi connectivity index (χ1v) is 4.18. The molecule has 0 bridgehead atoms. The van der Waals surface area contributed by atoms with Crippen LogP contribution in [0.3, 0.4) is 0 Å². The first-order valence-electron chi connectivity index (χ1n) is 4.18. The van der Waals surface area contributed by atoms with Gasteiger partial charge in [0.15, 0.2) is 0 Å². The summed E-state index contributed by atoms with van der Waals surface area (Å²) in [6.07, 6.45) is 4.78. The van der Waals surface area contributed by atoms with Gasteiger partial charge in [-0.2, -0.15) is 0 Å². The number of rotatable bonds is 0. The molecule has 0 aromatic heterocycles. The fraction of sp³-hybridized carbons (Fsp3) is 0.444. The molecule has 0 spiro atoms. The highest BCUT2D eigenvalue weighted by Gasteiger charge is 2.26. The molecule has 0 aromatic carbocycles. The zero-order valence-electron chi connectivity index (χ0n) is 6.96. The second kappa shape index (κ2) is 2.75. The van der Waals surface area contributed by atoms with Crippen LogP contribution in [-0.2, 0) is 0 Å². The Balaban J connectivity index is 2.22. The van der Waals surface area contributed by atoms with Gasteiger partial charge in [-0.3, -0.25) is 4.99 Å². The van der Waals surface area contributed by atoms with Gasteiger partial charge in [-0.15, -0.1) is 0 Å². The molecule has 0 radical (unpaired) electrons. The third kappa shape index (κ3) is 1.16. The lowest BCUT2D eigenvalue weighted by Crippen LogP contribution is -2.26. The normalized spacial score (nSPS) is 33.8. The number of aliphatic imine (C=N–C) groups is 1. The van der Waals surface area contributed by atoms with Gasteiger partial charge in [0.2, 0.25) is 0 Å². The average molecular weight is 163 g/mol. The summed E-state index contributed by atoms with van der Waals surface area (Å²) in [7, 11) is 0. The third-order valence-corrected chi connectivity index (χ3v) is 2.36. The molecule has 3 N–H and O–H groups in total. The molecule has 0 aliphatic carbocycles. The van der Waals surface area contributed by atoms with E-state index in [4.69, 9.17) is 5.73 Å². The molecule has 2 aliphatic heterocycles. The van der Waals surface area contributed by atoms with Crippen molar-refractivity contribution in [2.75, 3.05) is 6.54 Å². The standard InChI is InChI=1S/C9H13N3/c1-6-5-12-9-8(6)4-7(10)2-3-11-9/h2-3,7-8H,1,4-5,10H2,(H,11,12). The molecule has 12 heavy (non-hydrogen) atoms. The van der Waals surface area contributed by atoms with Crippen molar-refractivity contribution in [2.45, 2.75) is 12.5 Å². The van der Waals surface area contributed by atoms with Crippen LogP contribution in [0.25, 0.3) is 0 Å². The number of nitrogens with zero attached hydrogens (tertiary/aromatic N) is 1. The van der Waals surface area contributed by atoms with Gasteiger partial charge in [0, 0.05) is 12.0 Å². The minimum atomic E-state index is 0.130. The number of fused-ring (bicyclic) bond motifs is 1. The van der Waals surface area contributed by atoms with Gasteiger partial charge < -0.3 is 11.1 Å². The second-order valence-electron chi connectivity index (χ2n) is 3.32. The maximum atomic E-state index is 5.83. The van der Waals surface area contributed by atoms with Crippen molar-refractivity contribution in [1.29, 1.82) is 0 Å². The molecule has 2 atom stereocenters. The first kappa shape index (κ1) is 7.55. The van der Waals surface area contributed by atoms with E-state index in [1.165, 1.54) is 5.57 Å². The maximum Gasteiger partial charge on any atom is 0.108 e.